The first-order chi connectivity index (χ1) is 29.3. The molecule has 5 atom stereocenters. The molecule has 0 amide bonds. The van der Waals surface area contributed by atoms with Crippen molar-refractivity contribution < 1.29 is 36.7 Å². The smallest absolute Gasteiger partial charge is 0.331 e. The van der Waals surface area contributed by atoms with Crippen LogP contribution in [0.5, 0.6) is 17.2 Å². The van der Waals surface area contributed by atoms with Gasteiger partial charge in [-0.3, -0.25) is 13.4 Å². The molecule has 8 rings (SSSR count). The first-order valence-corrected chi connectivity index (χ1v) is 23.6. The minimum Gasteiger partial charge on any atom is -0.493 e. The molecule has 0 radical (unpaired) electrons. The van der Waals surface area contributed by atoms with Gasteiger partial charge in [0.2, 0.25) is 0 Å². The number of hydrogen-bond donors (Lipinski definition) is 2. The van der Waals surface area contributed by atoms with Gasteiger partial charge in [-0.2, -0.15) is 0 Å². The zero-order valence-corrected chi connectivity index (χ0v) is 38.0. The highest BCUT2D eigenvalue weighted by Crippen LogP contribution is 2.59. The first kappa shape index (κ1) is 43.6. The van der Waals surface area contributed by atoms with Crippen molar-refractivity contribution in [2.24, 2.45) is 17.3 Å². The molecule has 10 nitrogen and oxygen atoms in total. The van der Waals surface area contributed by atoms with Crippen molar-refractivity contribution >= 4 is 34.1 Å². The Morgan fingerprint density at radius 2 is 1.77 bits per heavy atom. The number of aromatic nitrogens is 1. The van der Waals surface area contributed by atoms with Crippen LogP contribution in [0.4, 0.5) is 5.69 Å². The molecule has 1 spiro atoms. The SMILES string of the molecule is COC(=O)C1(Nc2cccc(Cl)c2)CCC2(CC1)c1cc3c(cc1C[C@@H]2C[C@@H](C)COc1ccnc2c1[C@H](C)CCC2)OCC(C)(COS(O)(OC)c1ccc(C)cc1)CO3. The Balaban J connectivity index is 1.04. The van der Waals surface area contributed by atoms with E-state index < -0.39 is 21.8 Å². The van der Waals surface area contributed by atoms with Gasteiger partial charge in [0.05, 0.1) is 51.0 Å². The molecule has 1 aliphatic heterocycles. The van der Waals surface area contributed by atoms with Gasteiger partial charge < -0.3 is 28.8 Å². The van der Waals surface area contributed by atoms with E-state index in [1.165, 1.54) is 43.0 Å². The average molecular weight is 874 g/mol. The number of aryl methyl sites for hydroxylation is 2. The highest BCUT2D eigenvalue weighted by molar-refractivity contribution is 8.21. The zero-order valence-electron chi connectivity index (χ0n) is 36.4. The number of carbonyl (C=O) groups excluding carboxylic acids is 1. The maximum absolute atomic E-state index is 13.7. The molecule has 0 bridgehead atoms. The highest BCUT2D eigenvalue weighted by atomic mass is 35.5. The summed E-state index contributed by atoms with van der Waals surface area (Å²) in [4.78, 5) is 19.0. The lowest BCUT2D eigenvalue weighted by molar-refractivity contribution is -0.148. The summed E-state index contributed by atoms with van der Waals surface area (Å²) >= 11 is 6.40. The Hall–Kier alpha value is -4.00. The van der Waals surface area contributed by atoms with Gasteiger partial charge in [0, 0.05) is 28.2 Å². The number of esters is 1. The van der Waals surface area contributed by atoms with Gasteiger partial charge in [-0.05, 0) is 148 Å². The summed E-state index contributed by atoms with van der Waals surface area (Å²) in [5, 5.41) is 4.18. The summed E-state index contributed by atoms with van der Waals surface area (Å²) in [6, 6.07) is 21.5. The molecule has 4 aliphatic rings. The lowest BCUT2D eigenvalue weighted by Gasteiger charge is -2.47. The second-order valence-corrected chi connectivity index (χ2v) is 20.9. The Morgan fingerprint density at radius 3 is 2.48 bits per heavy atom. The standard InChI is InChI=1S/C49H61ClN2O8S/c1-32-13-15-39(16-14-32)61(54,56-6)60-31-47(4)29-58-43-25-35-24-36(23-33(2)28-57-42-17-22-51-41-12-7-9-34(3)45(41)42)48(40(35)27-44(43)59-30-47)18-20-49(21-19-48,46(53)55-5)52-38-11-8-10-37(50)26-38/h8,10-11,13-17,22,25-27,33-34,36,52,54H,7,9,12,18-21,23-24,28-31H2,1-6H3/t33-,34-,36+,47?,48?,49?/m1/s1. The molecule has 12 heteroatoms. The largest absolute Gasteiger partial charge is 0.493 e. The third-order valence-electron chi connectivity index (χ3n) is 13.8. The van der Waals surface area contributed by atoms with Crippen LogP contribution in [0.3, 0.4) is 0 Å². The Morgan fingerprint density at radius 1 is 1.03 bits per heavy atom. The monoisotopic (exact) mass is 872 g/mol. The number of ether oxygens (including phenoxy) is 4. The van der Waals surface area contributed by atoms with Crippen LogP contribution >= 0.6 is 22.5 Å². The minimum absolute atomic E-state index is 0.163. The molecule has 0 saturated heterocycles. The number of benzene rings is 3. The van der Waals surface area contributed by atoms with E-state index >= 15 is 0 Å². The molecular weight excluding hydrogens is 812 g/mol. The summed E-state index contributed by atoms with van der Waals surface area (Å²) in [6.45, 7) is 10.1. The summed E-state index contributed by atoms with van der Waals surface area (Å²) < 4.78 is 48.6. The molecule has 328 valence electrons. The third-order valence-corrected chi connectivity index (χ3v) is 15.8. The quantitative estimate of drug-likeness (QED) is 0.126. The summed E-state index contributed by atoms with van der Waals surface area (Å²) in [7, 11) is -0.0334. The van der Waals surface area contributed by atoms with E-state index in [1.54, 1.807) is 0 Å². The molecule has 1 fully saturated rings. The third kappa shape index (κ3) is 8.83. The number of halogens is 1. The van der Waals surface area contributed by atoms with E-state index in [1.807, 2.05) is 74.6 Å². The van der Waals surface area contributed by atoms with Crippen LogP contribution in [0.15, 0.2) is 77.8 Å². The molecule has 3 aromatic carbocycles. The van der Waals surface area contributed by atoms with Gasteiger partial charge in [0.25, 0.3) is 0 Å². The van der Waals surface area contributed by atoms with Crippen LogP contribution in [-0.4, -0.2) is 61.7 Å². The van der Waals surface area contributed by atoms with E-state index in [0.717, 1.165) is 55.5 Å². The summed E-state index contributed by atoms with van der Waals surface area (Å²) in [6.07, 6.45) is 9.78. The number of rotatable bonds is 13. The zero-order chi connectivity index (χ0) is 43.0. The molecule has 1 aromatic heterocycles. The van der Waals surface area contributed by atoms with Crippen LogP contribution in [0.1, 0.15) is 99.6 Å². The predicted octanol–water partition coefficient (Wildman–Crippen LogP) is 11.2. The van der Waals surface area contributed by atoms with Crippen molar-refractivity contribution in [2.45, 2.75) is 107 Å². The summed E-state index contributed by atoms with van der Waals surface area (Å²) in [5.74, 6) is 3.13. The topological polar surface area (TPSA) is 118 Å². The number of nitrogens with one attached hydrogen (secondary N) is 1. The van der Waals surface area contributed by atoms with Crippen molar-refractivity contribution in [3.8, 4) is 17.2 Å². The van der Waals surface area contributed by atoms with Crippen LogP contribution in [0.25, 0.3) is 0 Å². The van der Waals surface area contributed by atoms with E-state index in [-0.39, 0.29) is 23.9 Å². The van der Waals surface area contributed by atoms with Crippen molar-refractivity contribution in [3.05, 3.63) is 106 Å². The number of carbonyl (C=O) groups is 1. The van der Waals surface area contributed by atoms with Gasteiger partial charge >= 0.3 is 5.97 Å². The van der Waals surface area contributed by atoms with Gasteiger partial charge in [0.1, 0.15) is 22.2 Å². The predicted molar refractivity (Wildman–Crippen MR) is 240 cm³/mol. The fourth-order valence-electron chi connectivity index (χ4n) is 10.3. The number of anilines is 1. The minimum atomic E-state index is -2.97. The van der Waals surface area contributed by atoms with Crippen molar-refractivity contribution in [1.29, 1.82) is 0 Å². The lowest BCUT2D eigenvalue weighted by atomic mass is 9.59. The molecule has 2 N–H and O–H groups in total. The molecule has 2 unspecified atom stereocenters. The van der Waals surface area contributed by atoms with Crippen LogP contribution in [0.2, 0.25) is 5.02 Å². The lowest BCUT2D eigenvalue weighted by Crippen LogP contribution is -2.53. The first-order valence-electron chi connectivity index (χ1n) is 21.8. The molecule has 4 aromatic rings. The highest BCUT2D eigenvalue weighted by Gasteiger charge is 2.55. The number of pyridine rings is 1. The van der Waals surface area contributed by atoms with Gasteiger partial charge in [-0.1, -0.05) is 56.1 Å². The van der Waals surface area contributed by atoms with E-state index in [0.29, 0.717) is 65.9 Å². The van der Waals surface area contributed by atoms with Crippen molar-refractivity contribution in [3.63, 3.8) is 0 Å². The van der Waals surface area contributed by atoms with Gasteiger partial charge in [-0.15, -0.1) is 0 Å². The molecule has 3 aliphatic carbocycles. The normalized spacial score (nSPS) is 27.5. The molecule has 2 heterocycles. The Labute approximate surface area is 367 Å². The van der Waals surface area contributed by atoms with Crippen LogP contribution in [-0.2, 0) is 36.2 Å². The van der Waals surface area contributed by atoms with Gasteiger partial charge in [-0.25, -0.2) is 4.79 Å². The number of fused-ring (bicyclic) bond motifs is 4. The molecule has 61 heavy (non-hydrogen) atoms. The van der Waals surface area contributed by atoms with Crippen molar-refractivity contribution in [1.82, 2.24) is 4.98 Å². The van der Waals surface area contributed by atoms with E-state index in [4.69, 9.17) is 43.9 Å². The van der Waals surface area contributed by atoms with Gasteiger partial charge in [0.15, 0.2) is 11.5 Å². The Kier molecular flexibility index (Phi) is 12.6. The number of nitrogens with zero attached hydrogens (tertiary/aromatic N) is 1. The second-order valence-electron chi connectivity index (χ2n) is 18.4. The summed E-state index contributed by atoms with van der Waals surface area (Å²) in [5.41, 5.74) is 5.15. The number of hydrogen-bond acceptors (Lipinski definition) is 10. The molecular formula is C49H61ClN2O8S. The van der Waals surface area contributed by atoms with Crippen LogP contribution in [0, 0.1) is 24.2 Å². The maximum atomic E-state index is 13.7. The fourth-order valence-corrected chi connectivity index (χ4v) is 11.8. The molecule has 1 saturated carbocycles. The van der Waals surface area contributed by atoms with Crippen LogP contribution < -0.4 is 19.5 Å². The van der Waals surface area contributed by atoms with E-state index in [2.05, 4.69) is 31.3 Å². The number of methoxy groups -OCH3 is 1. The Bertz CT molecular complexity index is 2210. The van der Waals surface area contributed by atoms with Crippen molar-refractivity contribution in [2.75, 3.05) is 46.0 Å². The second kappa shape index (κ2) is 17.6. The van der Waals surface area contributed by atoms with E-state index in [9.17, 15) is 9.35 Å². The average Bonchev–Trinajstić information content (AvgIpc) is 3.42. The maximum Gasteiger partial charge on any atom is 0.331 e. The fraction of sp³-hybridized carbons (Fsp3) is 0.510.